The fourth-order valence-electron chi connectivity index (χ4n) is 2.15. The predicted molar refractivity (Wildman–Crippen MR) is 90.9 cm³/mol. The predicted octanol–water partition coefficient (Wildman–Crippen LogP) is 2.32. The number of nitrogens with two attached hydrogens (primary N) is 1. The van der Waals surface area contributed by atoms with Gasteiger partial charge in [0.15, 0.2) is 5.82 Å². The minimum absolute atomic E-state index is 0.0427. The van der Waals surface area contributed by atoms with Crippen molar-refractivity contribution in [2.45, 2.75) is 39.0 Å². The number of nitrogens with zero attached hydrogens (tertiary/aromatic N) is 2. The van der Waals surface area contributed by atoms with Gasteiger partial charge in [0.05, 0.1) is 0 Å². The molecule has 2 aromatic rings. The van der Waals surface area contributed by atoms with Crippen LogP contribution in [-0.2, 0) is 17.6 Å². The molecule has 0 spiro atoms. The number of aromatic nitrogens is 2. The van der Waals surface area contributed by atoms with Gasteiger partial charge in [0.2, 0.25) is 11.8 Å². The summed E-state index contributed by atoms with van der Waals surface area (Å²) in [5.74, 6) is 2.01. The minimum Gasteiger partial charge on any atom is -0.492 e. The normalized spacial score (nSPS) is 10.6. The number of anilines is 1. The Morgan fingerprint density at radius 3 is 2.79 bits per heavy atom. The Kier molecular flexibility index (Phi) is 7.22. The van der Waals surface area contributed by atoms with Crippen LogP contribution in [0.4, 0.5) is 5.69 Å². The molecule has 0 radical (unpaired) electrons. The summed E-state index contributed by atoms with van der Waals surface area (Å²) >= 11 is 0. The van der Waals surface area contributed by atoms with Gasteiger partial charge in [-0.3, -0.25) is 4.79 Å². The smallest absolute Gasteiger partial charge is 0.226 e. The molecule has 1 amide bonds. The van der Waals surface area contributed by atoms with Crippen LogP contribution in [0.25, 0.3) is 0 Å². The van der Waals surface area contributed by atoms with E-state index in [4.69, 9.17) is 15.0 Å². The number of rotatable bonds is 10. The SMILES string of the molecule is CCCc1noc(CCCC(=O)Nc2ccc(OCCN)cc2)n1. The van der Waals surface area contributed by atoms with E-state index in [2.05, 4.69) is 22.4 Å². The van der Waals surface area contributed by atoms with Crippen LogP contribution in [-0.4, -0.2) is 29.2 Å². The molecule has 24 heavy (non-hydrogen) atoms. The van der Waals surface area contributed by atoms with Crippen LogP contribution < -0.4 is 15.8 Å². The summed E-state index contributed by atoms with van der Waals surface area (Å²) in [6, 6.07) is 7.22. The third-order valence-corrected chi connectivity index (χ3v) is 3.30. The van der Waals surface area contributed by atoms with Gasteiger partial charge < -0.3 is 20.3 Å². The number of ether oxygens (including phenoxy) is 1. The monoisotopic (exact) mass is 332 g/mol. The van der Waals surface area contributed by atoms with E-state index >= 15 is 0 Å². The van der Waals surface area contributed by atoms with E-state index in [0.717, 1.165) is 30.1 Å². The van der Waals surface area contributed by atoms with Crippen molar-refractivity contribution in [2.75, 3.05) is 18.5 Å². The van der Waals surface area contributed by atoms with Crippen molar-refractivity contribution in [1.82, 2.24) is 10.1 Å². The highest BCUT2D eigenvalue weighted by molar-refractivity contribution is 5.90. The lowest BCUT2D eigenvalue weighted by Crippen LogP contribution is -2.12. The lowest BCUT2D eigenvalue weighted by Gasteiger charge is -2.07. The number of carbonyl (C=O) groups is 1. The number of hydrogen-bond acceptors (Lipinski definition) is 6. The Hall–Kier alpha value is -2.41. The van der Waals surface area contributed by atoms with Gasteiger partial charge in [-0.2, -0.15) is 4.98 Å². The molecule has 0 saturated carbocycles. The first-order chi connectivity index (χ1) is 11.7. The maximum absolute atomic E-state index is 11.9. The number of aryl methyl sites for hydroxylation is 2. The molecular weight excluding hydrogens is 308 g/mol. The van der Waals surface area contributed by atoms with Crippen molar-refractivity contribution < 1.29 is 14.1 Å². The summed E-state index contributed by atoms with van der Waals surface area (Å²) in [5, 5.41) is 6.75. The quantitative estimate of drug-likeness (QED) is 0.692. The zero-order chi connectivity index (χ0) is 17.2. The zero-order valence-electron chi connectivity index (χ0n) is 14.0. The van der Waals surface area contributed by atoms with Crippen LogP contribution in [0.15, 0.2) is 28.8 Å². The standard InChI is InChI=1S/C17H24N4O3/c1-2-4-15-20-17(24-21-15)6-3-5-16(22)19-13-7-9-14(10-8-13)23-12-11-18/h7-10H,2-6,11-12,18H2,1H3,(H,19,22). The molecule has 1 aromatic heterocycles. The molecule has 0 aliphatic rings. The van der Waals surface area contributed by atoms with Gasteiger partial charge in [-0.15, -0.1) is 0 Å². The summed E-state index contributed by atoms with van der Waals surface area (Å²) < 4.78 is 10.5. The molecule has 7 nitrogen and oxygen atoms in total. The van der Waals surface area contributed by atoms with Crippen LogP contribution in [0.1, 0.15) is 37.9 Å². The molecule has 0 unspecified atom stereocenters. The molecule has 130 valence electrons. The van der Waals surface area contributed by atoms with Crippen LogP contribution >= 0.6 is 0 Å². The average Bonchev–Trinajstić information content (AvgIpc) is 3.02. The molecule has 2 rings (SSSR count). The second-order valence-electron chi connectivity index (χ2n) is 5.42. The highest BCUT2D eigenvalue weighted by atomic mass is 16.5. The molecule has 0 aliphatic carbocycles. The van der Waals surface area contributed by atoms with Crippen molar-refractivity contribution in [3.8, 4) is 5.75 Å². The van der Waals surface area contributed by atoms with E-state index in [1.165, 1.54) is 0 Å². The number of carbonyl (C=O) groups excluding carboxylic acids is 1. The average molecular weight is 332 g/mol. The van der Waals surface area contributed by atoms with Crippen LogP contribution in [0, 0.1) is 0 Å². The van der Waals surface area contributed by atoms with Crippen LogP contribution in [0.5, 0.6) is 5.75 Å². The molecule has 0 fully saturated rings. The molecule has 0 aliphatic heterocycles. The van der Waals surface area contributed by atoms with Gasteiger partial charge in [0.1, 0.15) is 12.4 Å². The molecule has 1 aromatic carbocycles. The third-order valence-electron chi connectivity index (χ3n) is 3.30. The number of hydrogen-bond donors (Lipinski definition) is 2. The first-order valence-electron chi connectivity index (χ1n) is 8.25. The fraction of sp³-hybridized carbons (Fsp3) is 0.471. The van der Waals surface area contributed by atoms with Gasteiger partial charge in [-0.25, -0.2) is 0 Å². The lowest BCUT2D eigenvalue weighted by molar-refractivity contribution is -0.116. The van der Waals surface area contributed by atoms with Crippen molar-refractivity contribution in [3.05, 3.63) is 36.0 Å². The van der Waals surface area contributed by atoms with E-state index in [9.17, 15) is 4.79 Å². The van der Waals surface area contributed by atoms with Crippen LogP contribution in [0.2, 0.25) is 0 Å². The van der Waals surface area contributed by atoms with Gasteiger partial charge >= 0.3 is 0 Å². The summed E-state index contributed by atoms with van der Waals surface area (Å²) in [5.41, 5.74) is 6.12. The Morgan fingerprint density at radius 2 is 2.08 bits per heavy atom. The minimum atomic E-state index is -0.0427. The number of amides is 1. The lowest BCUT2D eigenvalue weighted by atomic mass is 10.2. The Bertz CT molecular complexity index is 625. The van der Waals surface area contributed by atoms with Gasteiger partial charge in [-0.1, -0.05) is 12.1 Å². The maximum atomic E-state index is 11.9. The van der Waals surface area contributed by atoms with Gasteiger partial charge in [0.25, 0.3) is 0 Å². The fourth-order valence-corrected chi connectivity index (χ4v) is 2.15. The topological polar surface area (TPSA) is 103 Å². The van der Waals surface area contributed by atoms with E-state index in [1.807, 2.05) is 0 Å². The third kappa shape index (κ3) is 6.00. The van der Waals surface area contributed by atoms with E-state index in [0.29, 0.717) is 38.3 Å². The summed E-state index contributed by atoms with van der Waals surface area (Å²) in [7, 11) is 0. The summed E-state index contributed by atoms with van der Waals surface area (Å²) in [4.78, 5) is 16.2. The molecule has 3 N–H and O–H groups in total. The largest absolute Gasteiger partial charge is 0.492 e. The Labute approximate surface area is 141 Å². The molecular formula is C17H24N4O3. The molecule has 1 heterocycles. The first-order valence-corrected chi connectivity index (χ1v) is 8.25. The maximum Gasteiger partial charge on any atom is 0.226 e. The van der Waals surface area contributed by atoms with Crippen LogP contribution in [0.3, 0.4) is 0 Å². The second kappa shape index (κ2) is 9.67. The molecule has 7 heteroatoms. The zero-order valence-corrected chi connectivity index (χ0v) is 14.0. The van der Waals surface area contributed by atoms with E-state index in [1.54, 1.807) is 24.3 Å². The number of nitrogens with one attached hydrogen (secondary N) is 1. The first kappa shape index (κ1) is 17.9. The summed E-state index contributed by atoms with van der Waals surface area (Å²) in [6.07, 6.45) is 3.47. The van der Waals surface area contributed by atoms with E-state index in [-0.39, 0.29) is 5.91 Å². The van der Waals surface area contributed by atoms with Crippen molar-refractivity contribution >= 4 is 11.6 Å². The Morgan fingerprint density at radius 1 is 1.29 bits per heavy atom. The molecule has 0 atom stereocenters. The van der Waals surface area contributed by atoms with Crippen molar-refractivity contribution in [3.63, 3.8) is 0 Å². The van der Waals surface area contributed by atoms with Crippen molar-refractivity contribution in [1.29, 1.82) is 0 Å². The van der Waals surface area contributed by atoms with E-state index < -0.39 is 0 Å². The van der Waals surface area contributed by atoms with Gasteiger partial charge in [-0.05, 0) is 37.1 Å². The molecule has 0 bridgehead atoms. The van der Waals surface area contributed by atoms with Crippen molar-refractivity contribution in [2.24, 2.45) is 5.73 Å². The second-order valence-corrected chi connectivity index (χ2v) is 5.42. The highest BCUT2D eigenvalue weighted by Crippen LogP contribution is 2.16. The molecule has 0 saturated heterocycles. The Balaban J connectivity index is 1.70. The summed E-state index contributed by atoms with van der Waals surface area (Å²) in [6.45, 7) is 3.01. The van der Waals surface area contributed by atoms with Gasteiger partial charge in [0, 0.05) is 31.5 Å². The highest BCUT2D eigenvalue weighted by Gasteiger charge is 2.08. The number of benzene rings is 1.